The van der Waals surface area contributed by atoms with Crippen molar-refractivity contribution >= 4 is 19.8 Å². The number of nitrogens with one attached hydrogen (secondary N) is 1. The fraction of sp³-hybridized carbons (Fsp3) is 0.727. The number of hydrogen-bond acceptors (Lipinski definition) is 13. The molecule has 15 nitrogen and oxygen atoms in total. The molecule has 1 aromatic rings. The number of H-pyrrole nitrogens is 1. The lowest BCUT2D eigenvalue weighted by Gasteiger charge is -2.33. The van der Waals surface area contributed by atoms with Crippen molar-refractivity contribution in [2.45, 2.75) is 66.7 Å². The highest BCUT2D eigenvalue weighted by Crippen LogP contribution is 2.50. The molecule has 224 valence electrons. The van der Waals surface area contributed by atoms with Crippen molar-refractivity contribution < 1.29 is 56.5 Å². The Bertz CT molecular complexity index is 1100. The number of aliphatic hydroxyl groups excluding tert-OH is 2. The first-order valence-electron chi connectivity index (χ1n) is 11.6. The van der Waals surface area contributed by atoms with Gasteiger partial charge in [-0.2, -0.15) is 0 Å². The van der Waals surface area contributed by atoms with Gasteiger partial charge >= 0.3 is 25.5 Å². The van der Waals surface area contributed by atoms with Gasteiger partial charge in [-0.05, 0) is 48.5 Å². The lowest BCUT2D eigenvalue weighted by Crippen LogP contribution is -2.47. The Labute approximate surface area is 223 Å². The van der Waals surface area contributed by atoms with Crippen molar-refractivity contribution in [3.05, 3.63) is 33.1 Å². The standard InChI is InChI=1S/C22H36FN2O13P/c1-14(27)22(23,38-16(10-26)25-9-8-15(28)24-19(25)31)11-35-39(32,36-12-33-17(29)20(2,3)4)37-13-34-18(30)21(5,6)7/h8-9,14,16,26-27H,10-13H2,1-7H3,(H,24,28,31)/t14-,16+,22+/m0/s1. The molecule has 1 heterocycles. The fourth-order valence-corrected chi connectivity index (χ4v) is 3.24. The van der Waals surface area contributed by atoms with Crippen LogP contribution < -0.4 is 11.2 Å². The molecule has 1 aromatic heterocycles. The van der Waals surface area contributed by atoms with Crippen LogP contribution in [0, 0.1) is 10.8 Å². The van der Waals surface area contributed by atoms with Gasteiger partial charge in [0.15, 0.2) is 6.23 Å². The van der Waals surface area contributed by atoms with Crippen LogP contribution in [0.4, 0.5) is 4.39 Å². The van der Waals surface area contributed by atoms with Crippen LogP contribution in [0.25, 0.3) is 0 Å². The molecule has 3 atom stereocenters. The summed E-state index contributed by atoms with van der Waals surface area (Å²) in [7, 11) is -4.88. The molecule has 0 aliphatic carbocycles. The summed E-state index contributed by atoms with van der Waals surface area (Å²) in [5.41, 5.74) is -3.74. The molecule has 17 heteroatoms. The molecule has 0 unspecified atom stereocenters. The third-order valence-electron chi connectivity index (χ3n) is 4.72. The van der Waals surface area contributed by atoms with E-state index < -0.39 is 86.8 Å². The first-order valence-corrected chi connectivity index (χ1v) is 13.1. The average molecular weight is 587 g/mol. The molecule has 39 heavy (non-hydrogen) atoms. The van der Waals surface area contributed by atoms with Crippen molar-refractivity contribution in [1.82, 2.24) is 9.55 Å². The number of nitrogens with zero attached hydrogens (tertiary/aromatic N) is 1. The van der Waals surface area contributed by atoms with Gasteiger partial charge in [0.2, 0.25) is 13.6 Å². The molecule has 0 aliphatic heterocycles. The van der Waals surface area contributed by atoms with E-state index in [0.29, 0.717) is 4.57 Å². The first-order chi connectivity index (χ1) is 17.7. The molecule has 0 aromatic carbocycles. The summed E-state index contributed by atoms with van der Waals surface area (Å²) >= 11 is 0. The molecule has 0 bridgehead atoms. The maximum absolute atomic E-state index is 15.7. The summed E-state index contributed by atoms with van der Waals surface area (Å²) in [4.78, 5) is 49.2. The number of alkyl halides is 1. The van der Waals surface area contributed by atoms with Gasteiger partial charge in [-0.15, -0.1) is 0 Å². The van der Waals surface area contributed by atoms with E-state index in [4.69, 9.17) is 27.8 Å². The fourth-order valence-electron chi connectivity index (χ4n) is 2.32. The average Bonchev–Trinajstić information content (AvgIpc) is 2.80. The van der Waals surface area contributed by atoms with Crippen LogP contribution in [0.5, 0.6) is 0 Å². The summed E-state index contributed by atoms with van der Waals surface area (Å²) in [5.74, 6) is -4.76. The van der Waals surface area contributed by atoms with Gasteiger partial charge in [0.1, 0.15) is 12.7 Å². The minimum absolute atomic E-state index is 0.628. The molecule has 0 saturated carbocycles. The highest BCUT2D eigenvalue weighted by molar-refractivity contribution is 7.48. The van der Waals surface area contributed by atoms with Crippen molar-refractivity contribution in [2.75, 3.05) is 26.8 Å². The van der Waals surface area contributed by atoms with E-state index in [1.165, 1.54) is 41.5 Å². The number of carbonyl (C=O) groups excluding carboxylic acids is 2. The normalized spacial score (nSPS) is 15.7. The molecule has 0 spiro atoms. The predicted molar refractivity (Wildman–Crippen MR) is 131 cm³/mol. The summed E-state index contributed by atoms with van der Waals surface area (Å²) in [5, 5.41) is 19.7. The van der Waals surface area contributed by atoms with Gasteiger partial charge in [0.05, 0.1) is 17.4 Å². The van der Waals surface area contributed by atoms with Gasteiger partial charge in [-0.1, -0.05) is 0 Å². The zero-order valence-electron chi connectivity index (χ0n) is 22.8. The number of aromatic amines is 1. The minimum atomic E-state index is -4.88. The lowest BCUT2D eigenvalue weighted by molar-refractivity contribution is -0.265. The van der Waals surface area contributed by atoms with Crippen LogP contribution in [0.2, 0.25) is 0 Å². The Morgan fingerprint density at radius 2 is 1.51 bits per heavy atom. The summed E-state index contributed by atoms with van der Waals surface area (Å²) in [6.07, 6.45) is -2.88. The maximum Gasteiger partial charge on any atom is 0.480 e. The van der Waals surface area contributed by atoms with Gasteiger partial charge in [0.25, 0.3) is 11.4 Å². The number of rotatable bonds is 14. The number of aliphatic hydroxyl groups is 2. The van der Waals surface area contributed by atoms with Gasteiger partial charge in [-0.25, -0.2) is 22.8 Å². The van der Waals surface area contributed by atoms with Crippen LogP contribution in [0.3, 0.4) is 0 Å². The number of carbonyl (C=O) groups is 2. The maximum atomic E-state index is 15.7. The summed E-state index contributed by atoms with van der Waals surface area (Å²) < 4.78 is 59.1. The molecule has 3 N–H and O–H groups in total. The molecular formula is C22H36FN2O13P. The number of aromatic nitrogens is 2. The lowest BCUT2D eigenvalue weighted by atomic mass is 9.98. The second-order valence-electron chi connectivity index (χ2n) is 10.3. The third kappa shape index (κ3) is 10.9. The van der Waals surface area contributed by atoms with Crippen molar-refractivity contribution in [3.63, 3.8) is 0 Å². The van der Waals surface area contributed by atoms with Crippen LogP contribution in [0.1, 0.15) is 54.7 Å². The van der Waals surface area contributed by atoms with E-state index in [2.05, 4.69) is 0 Å². The predicted octanol–water partition coefficient (Wildman–Crippen LogP) is 1.34. The Morgan fingerprint density at radius 1 is 1.03 bits per heavy atom. The minimum Gasteiger partial charge on any atom is -0.437 e. The molecule has 1 rings (SSSR count). The molecule has 0 amide bonds. The molecule has 0 radical (unpaired) electrons. The molecular weight excluding hydrogens is 550 g/mol. The zero-order valence-corrected chi connectivity index (χ0v) is 23.7. The third-order valence-corrected chi connectivity index (χ3v) is 6.01. The van der Waals surface area contributed by atoms with E-state index in [0.717, 1.165) is 19.2 Å². The number of hydrogen-bond donors (Lipinski definition) is 3. The van der Waals surface area contributed by atoms with E-state index in [9.17, 15) is 34.0 Å². The Kier molecular flexibility index (Phi) is 12.2. The topological polar surface area (TPSA) is 202 Å². The largest absolute Gasteiger partial charge is 0.480 e. The Morgan fingerprint density at radius 3 is 1.90 bits per heavy atom. The second-order valence-corrected chi connectivity index (χ2v) is 12.0. The van der Waals surface area contributed by atoms with E-state index in [1.54, 1.807) is 0 Å². The number of ether oxygens (including phenoxy) is 3. The van der Waals surface area contributed by atoms with Crippen LogP contribution >= 0.6 is 7.82 Å². The van der Waals surface area contributed by atoms with Crippen LogP contribution in [0.15, 0.2) is 21.9 Å². The van der Waals surface area contributed by atoms with Crippen LogP contribution in [-0.4, -0.2) is 70.5 Å². The molecule has 0 fully saturated rings. The SMILES string of the molecule is C[C@H](O)[C@@](F)(COP(=O)(OCOC(=O)C(C)(C)C)OCOC(=O)C(C)(C)C)O[C@H](CO)n1ccc(=O)[nH]c1=O. The number of esters is 2. The summed E-state index contributed by atoms with van der Waals surface area (Å²) in [6.45, 7) is 5.84. The first kappa shape index (κ1) is 34.6. The summed E-state index contributed by atoms with van der Waals surface area (Å²) in [6, 6.07) is 0.903. The Hall–Kier alpha value is -2.46. The van der Waals surface area contributed by atoms with Crippen molar-refractivity contribution in [2.24, 2.45) is 10.8 Å². The van der Waals surface area contributed by atoms with Gasteiger partial charge in [0, 0.05) is 12.3 Å². The van der Waals surface area contributed by atoms with E-state index >= 15 is 4.39 Å². The van der Waals surface area contributed by atoms with Crippen LogP contribution in [-0.2, 0) is 41.9 Å². The van der Waals surface area contributed by atoms with Crippen molar-refractivity contribution in [1.29, 1.82) is 0 Å². The zero-order chi connectivity index (χ0) is 30.2. The second kappa shape index (κ2) is 13.7. The van der Waals surface area contributed by atoms with Gasteiger partial charge < -0.3 is 24.4 Å². The number of halogens is 1. The molecule has 0 aliphatic rings. The Balaban J connectivity index is 3.11. The highest BCUT2D eigenvalue weighted by atomic mass is 31.2. The highest BCUT2D eigenvalue weighted by Gasteiger charge is 2.44. The number of phosphoric ester groups is 1. The number of phosphoric acid groups is 1. The molecule has 0 saturated heterocycles. The quantitative estimate of drug-likeness (QED) is 0.160. The van der Waals surface area contributed by atoms with Gasteiger partial charge in [-0.3, -0.25) is 28.5 Å². The monoisotopic (exact) mass is 586 g/mol. The van der Waals surface area contributed by atoms with E-state index in [-0.39, 0.29) is 0 Å². The smallest absolute Gasteiger partial charge is 0.437 e. The van der Waals surface area contributed by atoms with E-state index in [1.807, 2.05) is 4.98 Å². The van der Waals surface area contributed by atoms with Crippen molar-refractivity contribution in [3.8, 4) is 0 Å².